The lowest BCUT2D eigenvalue weighted by Crippen LogP contribution is -2.28. The molecule has 0 heterocycles. The third-order valence-electron chi connectivity index (χ3n) is 3.96. The highest BCUT2D eigenvalue weighted by atomic mass is 17.1. The minimum Gasteiger partial charge on any atom is -0.462 e. The van der Waals surface area contributed by atoms with Crippen molar-refractivity contribution in [3.05, 3.63) is 0 Å². The van der Waals surface area contributed by atoms with E-state index in [1.54, 1.807) is 0 Å². The summed E-state index contributed by atoms with van der Waals surface area (Å²) >= 11 is 0. The van der Waals surface area contributed by atoms with E-state index in [1.807, 2.05) is 0 Å². The lowest BCUT2D eigenvalue weighted by molar-refractivity contribution is -0.209. The van der Waals surface area contributed by atoms with E-state index in [1.165, 1.54) is 51.4 Å². The molecule has 0 bridgehead atoms. The summed E-state index contributed by atoms with van der Waals surface area (Å²) in [6, 6.07) is 0. The van der Waals surface area contributed by atoms with Crippen LogP contribution in [0.4, 0.5) is 4.79 Å². The molecule has 0 radical (unpaired) electrons. The van der Waals surface area contributed by atoms with Gasteiger partial charge < -0.3 is 14.6 Å². The number of aliphatic hydroxyl groups is 1. The number of aliphatic hydroxyl groups excluding tert-OH is 1. The number of ether oxygens (including phenoxy) is 2. The van der Waals surface area contributed by atoms with Gasteiger partial charge >= 0.3 is 12.1 Å². The molecule has 2 N–H and O–H groups in total. The minimum atomic E-state index is -1.35. The third kappa shape index (κ3) is 15.9. The maximum atomic E-state index is 11.6. The van der Waals surface area contributed by atoms with Crippen LogP contribution in [0.3, 0.4) is 0 Å². The minimum absolute atomic E-state index is 0.261. The smallest absolute Gasteiger partial charge is 0.462 e. The van der Waals surface area contributed by atoms with Gasteiger partial charge in [-0.25, -0.2) is 4.79 Å². The fourth-order valence-corrected chi connectivity index (χ4v) is 2.47. The van der Waals surface area contributed by atoms with E-state index < -0.39 is 24.8 Å². The Morgan fingerprint density at radius 3 is 1.88 bits per heavy atom. The molecule has 0 saturated heterocycles. The fraction of sp³-hybridized carbons (Fsp3) is 0.889. The Hall–Kier alpha value is -1.34. The molecule has 148 valence electrons. The summed E-state index contributed by atoms with van der Waals surface area (Å²) in [4.78, 5) is 25.5. The topological polar surface area (TPSA) is 102 Å². The van der Waals surface area contributed by atoms with Crippen molar-refractivity contribution in [3.63, 3.8) is 0 Å². The van der Waals surface area contributed by atoms with E-state index in [2.05, 4.69) is 16.5 Å². The summed E-state index contributed by atoms with van der Waals surface area (Å²) in [5.41, 5.74) is 0. The molecule has 0 rings (SSSR count). The van der Waals surface area contributed by atoms with E-state index in [4.69, 9.17) is 15.1 Å². The van der Waals surface area contributed by atoms with Gasteiger partial charge in [0.25, 0.3) is 0 Å². The predicted octanol–water partition coefficient (Wildman–Crippen LogP) is 4.22. The van der Waals surface area contributed by atoms with E-state index in [-0.39, 0.29) is 6.61 Å². The second kappa shape index (κ2) is 17.5. The molecule has 0 aliphatic heterocycles. The molecular weight excluding hydrogens is 328 g/mol. The van der Waals surface area contributed by atoms with Crippen molar-refractivity contribution in [3.8, 4) is 0 Å². The Balaban J connectivity index is 3.44. The van der Waals surface area contributed by atoms with E-state index >= 15 is 0 Å². The molecule has 25 heavy (non-hydrogen) atoms. The van der Waals surface area contributed by atoms with Crippen LogP contribution in [0, 0.1) is 0 Å². The standard InChI is InChI=1S/C18H34O7/c1-2-3-4-5-6-7-8-9-10-11-12-13-17(20)23-15-16(14-19)24-18(21)25-22/h16,19,22H,2-15H2,1H3. The Morgan fingerprint density at radius 1 is 0.880 bits per heavy atom. The van der Waals surface area contributed by atoms with Crippen LogP contribution in [0.15, 0.2) is 0 Å². The molecule has 0 saturated carbocycles. The summed E-state index contributed by atoms with van der Waals surface area (Å²) in [6.45, 7) is 1.44. The molecule has 0 aliphatic rings. The van der Waals surface area contributed by atoms with Gasteiger partial charge in [0.05, 0.1) is 6.61 Å². The molecule has 1 unspecified atom stereocenters. The van der Waals surface area contributed by atoms with E-state index in [0.717, 1.165) is 19.3 Å². The van der Waals surface area contributed by atoms with Gasteiger partial charge in [0.2, 0.25) is 0 Å². The second-order valence-electron chi connectivity index (χ2n) is 6.23. The highest BCUT2D eigenvalue weighted by Crippen LogP contribution is 2.12. The number of rotatable bonds is 16. The van der Waals surface area contributed by atoms with Crippen molar-refractivity contribution in [1.29, 1.82) is 0 Å². The van der Waals surface area contributed by atoms with Gasteiger partial charge in [0.15, 0.2) is 6.10 Å². The van der Waals surface area contributed by atoms with Gasteiger partial charge in [-0.05, 0) is 6.42 Å². The van der Waals surface area contributed by atoms with Gasteiger partial charge in [-0.15, -0.1) is 0 Å². The normalized spacial score (nSPS) is 11.8. The summed E-state index contributed by atoms with van der Waals surface area (Å²) in [7, 11) is 0. The monoisotopic (exact) mass is 362 g/mol. The SMILES string of the molecule is CCCCCCCCCCCCCC(=O)OCC(CO)OC(=O)OO. The zero-order valence-electron chi connectivity index (χ0n) is 15.4. The number of unbranched alkanes of at least 4 members (excludes halogenated alkanes) is 10. The van der Waals surface area contributed by atoms with Crippen molar-refractivity contribution in [2.75, 3.05) is 13.2 Å². The first-order valence-electron chi connectivity index (χ1n) is 9.42. The van der Waals surface area contributed by atoms with Gasteiger partial charge in [0.1, 0.15) is 6.61 Å². The highest BCUT2D eigenvalue weighted by Gasteiger charge is 2.17. The molecular formula is C18H34O7. The maximum Gasteiger partial charge on any atom is 0.540 e. The fourth-order valence-electron chi connectivity index (χ4n) is 2.47. The lowest BCUT2D eigenvalue weighted by Gasteiger charge is -2.13. The Bertz CT molecular complexity index is 333. The molecule has 7 heteroatoms. The molecule has 0 fully saturated rings. The first-order valence-corrected chi connectivity index (χ1v) is 9.42. The van der Waals surface area contributed by atoms with Crippen LogP contribution >= 0.6 is 0 Å². The second-order valence-corrected chi connectivity index (χ2v) is 6.23. The Kier molecular flexibility index (Phi) is 16.5. The van der Waals surface area contributed by atoms with Crippen molar-refractivity contribution in [2.24, 2.45) is 0 Å². The van der Waals surface area contributed by atoms with E-state index in [0.29, 0.717) is 6.42 Å². The van der Waals surface area contributed by atoms with Crippen LogP contribution in [0.25, 0.3) is 0 Å². The van der Waals surface area contributed by atoms with Crippen LogP contribution in [0.1, 0.15) is 84.0 Å². The average Bonchev–Trinajstić information content (AvgIpc) is 2.62. The quantitative estimate of drug-likeness (QED) is 0.183. The largest absolute Gasteiger partial charge is 0.540 e. The number of esters is 1. The van der Waals surface area contributed by atoms with Gasteiger partial charge in [-0.1, -0.05) is 71.1 Å². The Labute approximate surface area is 150 Å². The molecule has 1 atom stereocenters. The zero-order chi connectivity index (χ0) is 18.8. The van der Waals surface area contributed by atoms with Crippen LogP contribution in [0.2, 0.25) is 0 Å². The van der Waals surface area contributed by atoms with Crippen LogP contribution in [0.5, 0.6) is 0 Å². The molecule has 0 aromatic carbocycles. The first-order chi connectivity index (χ1) is 12.1. The summed E-state index contributed by atoms with van der Waals surface area (Å²) in [5, 5.41) is 17.0. The molecule has 0 aromatic rings. The molecule has 7 nitrogen and oxygen atoms in total. The van der Waals surface area contributed by atoms with Crippen molar-refractivity contribution >= 4 is 12.1 Å². The number of hydrogen-bond donors (Lipinski definition) is 2. The molecule has 0 amide bonds. The average molecular weight is 362 g/mol. The van der Waals surface area contributed by atoms with E-state index in [9.17, 15) is 9.59 Å². The molecule has 0 aromatic heterocycles. The zero-order valence-corrected chi connectivity index (χ0v) is 15.4. The summed E-state index contributed by atoms with van der Waals surface area (Å²) in [5.74, 6) is -0.393. The van der Waals surface area contributed by atoms with Gasteiger partial charge in [0, 0.05) is 6.42 Å². The van der Waals surface area contributed by atoms with Crippen LogP contribution < -0.4 is 0 Å². The molecule has 0 spiro atoms. The summed E-state index contributed by atoms with van der Waals surface area (Å²) in [6.07, 6.45) is 11.2. The van der Waals surface area contributed by atoms with Crippen LogP contribution in [-0.4, -0.2) is 41.8 Å². The molecule has 0 aliphatic carbocycles. The van der Waals surface area contributed by atoms with Crippen molar-refractivity contribution in [1.82, 2.24) is 0 Å². The summed E-state index contributed by atoms with van der Waals surface area (Å²) < 4.78 is 9.39. The lowest BCUT2D eigenvalue weighted by atomic mass is 10.1. The van der Waals surface area contributed by atoms with Crippen molar-refractivity contribution < 1.29 is 34.3 Å². The van der Waals surface area contributed by atoms with Gasteiger partial charge in [-0.3, -0.25) is 9.68 Å². The highest BCUT2D eigenvalue weighted by molar-refractivity contribution is 5.69. The number of carbonyl (C=O) groups is 2. The third-order valence-corrected chi connectivity index (χ3v) is 3.96. The number of carbonyl (C=O) groups excluding carboxylic acids is 2. The predicted molar refractivity (Wildman–Crippen MR) is 93.1 cm³/mol. The maximum absolute atomic E-state index is 11.6. The van der Waals surface area contributed by atoms with Crippen LogP contribution in [-0.2, 0) is 19.2 Å². The Morgan fingerprint density at radius 2 is 1.40 bits per heavy atom. The number of hydrogen-bond acceptors (Lipinski definition) is 7. The first kappa shape index (κ1) is 23.7. The van der Waals surface area contributed by atoms with Crippen molar-refractivity contribution in [2.45, 2.75) is 90.1 Å². The van der Waals surface area contributed by atoms with Gasteiger partial charge in [-0.2, -0.15) is 5.26 Å².